The third-order valence-electron chi connectivity index (χ3n) is 4.25. The van der Waals surface area contributed by atoms with E-state index in [0.717, 1.165) is 0 Å². The third-order valence-corrected chi connectivity index (χ3v) is 4.50. The van der Waals surface area contributed by atoms with Gasteiger partial charge in [-0.1, -0.05) is 28.9 Å². The van der Waals surface area contributed by atoms with Crippen molar-refractivity contribution in [3.63, 3.8) is 0 Å². The van der Waals surface area contributed by atoms with Gasteiger partial charge in [-0.15, -0.1) is 0 Å². The molecular formula is C19H13ClN2O5. The lowest BCUT2D eigenvalue weighted by atomic mass is 9.95. The molecule has 3 aromatic rings. The summed E-state index contributed by atoms with van der Waals surface area (Å²) < 4.78 is 10.2. The maximum atomic E-state index is 12.9. The number of aryl methyl sites for hydroxylation is 1. The molecule has 1 atom stereocenters. The van der Waals surface area contributed by atoms with E-state index in [9.17, 15) is 14.7 Å². The van der Waals surface area contributed by atoms with Crippen molar-refractivity contribution in [3.05, 3.63) is 82.2 Å². The number of furan rings is 1. The number of aliphatic hydroxyl groups is 1. The summed E-state index contributed by atoms with van der Waals surface area (Å²) in [7, 11) is 0. The van der Waals surface area contributed by atoms with Gasteiger partial charge in [0.2, 0.25) is 5.78 Å². The molecule has 0 aliphatic carbocycles. The van der Waals surface area contributed by atoms with Crippen molar-refractivity contribution in [2.75, 3.05) is 4.90 Å². The monoisotopic (exact) mass is 384 g/mol. The summed E-state index contributed by atoms with van der Waals surface area (Å²) in [6, 6.07) is 10.3. The summed E-state index contributed by atoms with van der Waals surface area (Å²) in [5.41, 5.74) is 0.477. The topological polar surface area (TPSA) is 96.8 Å². The summed E-state index contributed by atoms with van der Waals surface area (Å²) in [5, 5.41) is 14.9. The molecule has 1 amide bonds. The van der Waals surface area contributed by atoms with E-state index in [-0.39, 0.29) is 17.2 Å². The van der Waals surface area contributed by atoms with Gasteiger partial charge in [-0.05, 0) is 36.8 Å². The summed E-state index contributed by atoms with van der Waals surface area (Å²) in [6.45, 7) is 1.68. The van der Waals surface area contributed by atoms with Gasteiger partial charge in [0.15, 0.2) is 17.3 Å². The van der Waals surface area contributed by atoms with E-state index < -0.39 is 23.5 Å². The highest BCUT2D eigenvalue weighted by Crippen LogP contribution is 2.41. The van der Waals surface area contributed by atoms with Crippen LogP contribution in [0.4, 0.5) is 5.82 Å². The van der Waals surface area contributed by atoms with Crippen molar-refractivity contribution < 1.29 is 23.6 Å². The van der Waals surface area contributed by atoms with E-state index in [0.29, 0.717) is 16.3 Å². The van der Waals surface area contributed by atoms with Crippen LogP contribution in [-0.2, 0) is 4.79 Å². The third kappa shape index (κ3) is 2.82. The number of amides is 1. The van der Waals surface area contributed by atoms with Gasteiger partial charge >= 0.3 is 0 Å². The first kappa shape index (κ1) is 17.1. The molecule has 7 nitrogen and oxygen atoms in total. The molecule has 0 bridgehead atoms. The zero-order valence-corrected chi connectivity index (χ0v) is 14.8. The minimum Gasteiger partial charge on any atom is -0.503 e. The Balaban J connectivity index is 1.88. The second-order valence-electron chi connectivity index (χ2n) is 5.99. The Morgan fingerprint density at radius 2 is 2.00 bits per heavy atom. The van der Waals surface area contributed by atoms with Gasteiger partial charge in [0, 0.05) is 11.1 Å². The number of anilines is 1. The van der Waals surface area contributed by atoms with Gasteiger partial charge in [0.25, 0.3) is 5.91 Å². The van der Waals surface area contributed by atoms with E-state index in [1.165, 1.54) is 17.2 Å². The molecule has 136 valence electrons. The second kappa shape index (κ2) is 6.44. The first-order chi connectivity index (χ1) is 13.0. The van der Waals surface area contributed by atoms with Crippen LogP contribution in [0, 0.1) is 6.92 Å². The van der Waals surface area contributed by atoms with Gasteiger partial charge in [-0.3, -0.25) is 14.5 Å². The first-order valence-corrected chi connectivity index (χ1v) is 8.39. The lowest BCUT2D eigenvalue weighted by Crippen LogP contribution is -2.31. The smallest absolute Gasteiger partial charge is 0.295 e. The standard InChI is InChI=1S/C19H13ClN2O5/c1-10-9-14(21-27-10)22-16(11-4-6-12(20)7-5-11)15(18(24)19(22)25)17(23)13-3-2-8-26-13/h2-9,16,24H,1H3/t16-/m1/s1. The summed E-state index contributed by atoms with van der Waals surface area (Å²) in [4.78, 5) is 26.9. The van der Waals surface area contributed by atoms with Crippen LogP contribution in [0.3, 0.4) is 0 Å². The maximum Gasteiger partial charge on any atom is 0.295 e. The Hall–Kier alpha value is -3.32. The number of aromatic nitrogens is 1. The van der Waals surface area contributed by atoms with Crippen LogP contribution in [0.25, 0.3) is 0 Å². The van der Waals surface area contributed by atoms with Crippen LogP contribution >= 0.6 is 11.6 Å². The average molecular weight is 385 g/mol. The predicted octanol–water partition coefficient (Wildman–Crippen LogP) is 4.01. The largest absolute Gasteiger partial charge is 0.503 e. The van der Waals surface area contributed by atoms with Gasteiger partial charge < -0.3 is 14.0 Å². The molecule has 1 N–H and O–H groups in total. The van der Waals surface area contributed by atoms with Gasteiger partial charge in [0.05, 0.1) is 17.9 Å². The quantitative estimate of drug-likeness (QED) is 0.682. The van der Waals surface area contributed by atoms with Crippen molar-refractivity contribution in [2.45, 2.75) is 13.0 Å². The number of halogens is 1. The van der Waals surface area contributed by atoms with Crippen LogP contribution in [-0.4, -0.2) is 22.0 Å². The molecule has 1 aliphatic heterocycles. The van der Waals surface area contributed by atoms with Gasteiger partial charge in [0.1, 0.15) is 5.76 Å². The molecule has 0 saturated carbocycles. The molecule has 0 unspecified atom stereocenters. The summed E-state index contributed by atoms with van der Waals surface area (Å²) in [5.74, 6) is -1.31. The number of hydrogen-bond donors (Lipinski definition) is 1. The van der Waals surface area contributed by atoms with Crippen molar-refractivity contribution in [1.82, 2.24) is 5.16 Å². The SMILES string of the molecule is Cc1cc(N2C(=O)C(O)=C(C(=O)c3ccco3)[C@H]2c2ccc(Cl)cc2)no1. The van der Waals surface area contributed by atoms with Crippen molar-refractivity contribution in [2.24, 2.45) is 0 Å². The second-order valence-corrected chi connectivity index (χ2v) is 6.43. The molecule has 27 heavy (non-hydrogen) atoms. The number of aliphatic hydroxyl groups excluding tert-OH is 1. The molecule has 1 aliphatic rings. The Labute approximate surface area is 158 Å². The Kier molecular flexibility index (Phi) is 4.08. The fraction of sp³-hybridized carbons (Fsp3) is 0.105. The van der Waals surface area contributed by atoms with E-state index >= 15 is 0 Å². The van der Waals surface area contributed by atoms with Crippen LogP contribution in [0.15, 0.2) is 69.0 Å². The van der Waals surface area contributed by atoms with Gasteiger partial charge in [-0.25, -0.2) is 0 Å². The van der Waals surface area contributed by atoms with Gasteiger partial charge in [-0.2, -0.15) is 0 Å². The Morgan fingerprint density at radius 1 is 1.26 bits per heavy atom. The molecule has 1 aromatic carbocycles. The molecule has 0 saturated heterocycles. The Morgan fingerprint density at radius 3 is 2.59 bits per heavy atom. The highest BCUT2D eigenvalue weighted by molar-refractivity contribution is 6.30. The fourth-order valence-corrected chi connectivity index (χ4v) is 3.17. The van der Waals surface area contributed by atoms with E-state index in [1.54, 1.807) is 43.3 Å². The number of carbonyl (C=O) groups excluding carboxylic acids is 2. The number of nitrogens with zero attached hydrogens (tertiary/aromatic N) is 2. The lowest BCUT2D eigenvalue weighted by molar-refractivity contribution is -0.117. The molecule has 2 aromatic heterocycles. The fourth-order valence-electron chi connectivity index (χ4n) is 3.04. The number of hydrogen-bond acceptors (Lipinski definition) is 6. The molecular weight excluding hydrogens is 372 g/mol. The first-order valence-electron chi connectivity index (χ1n) is 8.01. The molecule has 8 heteroatoms. The minimum atomic E-state index is -0.906. The highest BCUT2D eigenvalue weighted by Gasteiger charge is 2.46. The molecule has 0 spiro atoms. The number of carbonyl (C=O) groups is 2. The molecule has 3 heterocycles. The zero-order chi connectivity index (χ0) is 19.1. The predicted molar refractivity (Wildman–Crippen MR) is 95.6 cm³/mol. The van der Waals surface area contributed by atoms with Crippen molar-refractivity contribution >= 4 is 29.1 Å². The summed E-state index contributed by atoms with van der Waals surface area (Å²) >= 11 is 5.96. The number of ketones is 1. The van der Waals surface area contributed by atoms with Crippen LogP contribution < -0.4 is 4.90 Å². The van der Waals surface area contributed by atoms with Crippen LogP contribution in [0.2, 0.25) is 5.02 Å². The number of Topliss-reactive ketones (excluding diaryl/α,β-unsaturated/α-hetero) is 1. The van der Waals surface area contributed by atoms with Crippen molar-refractivity contribution in [1.29, 1.82) is 0 Å². The normalized spacial score (nSPS) is 17.0. The number of benzene rings is 1. The molecule has 4 rings (SSSR count). The van der Waals surface area contributed by atoms with Crippen LogP contribution in [0.5, 0.6) is 0 Å². The van der Waals surface area contributed by atoms with Crippen LogP contribution in [0.1, 0.15) is 27.9 Å². The lowest BCUT2D eigenvalue weighted by Gasteiger charge is -2.24. The zero-order valence-electron chi connectivity index (χ0n) is 14.0. The van der Waals surface area contributed by atoms with Crippen molar-refractivity contribution in [3.8, 4) is 0 Å². The Bertz CT molecular complexity index is 1050. The molecule has 0 radical (unpaired) electrons. The maximum absolute atomic E-state index is 12.9. The highest BCUT2D eigenvalue weighted by atomic mass is 35.5. The molecule has 0 fully saturated rings. The summed E-state index contributed by atoms with van der Waals surface area (Å²) in [6.07, 6.45) is 1.34. The van der Waals surface area contributed by atoms with E-state index in [2.05, 4.69) is 5.16 Å². The number of rotatable bonds is 4. The average Bonchev–Trinajstić information content (AvgIpc) is 3.37. The van der Waals surface area contributed by atoms with E-state index in [4.69, 9.17) is 20.5 Å². The minimum absolute atomic E-state index is 0.0153. The van der Waals surface area contributed by atoms with E-state index in [1.807, 2.05) is 0 Å².